The van der Waals surface area contributed by atoms with Crippen LogP contribution in [0.3, 0.4) is 0 Å². The highest BCUT2D eigenvalue weighted by Crippen LogP contribution is 2.16. The topological polar surface area (TPSA) is 65.1 Å². The van der Waals surface area contributed by atoms with Crippen LogP contribution in [0, 0.1) is 6.92 Å². The highest BCUT2D eigenvalue weighted by Gasteiger charge is 2.14. The number of hydrogen-bond donors (Lipinski definition) is 2. The fourth-order valence-corrected chi connectivity index (χ4v) is 2.00. The number of hydrazine groups is 1. The Morgan fingerprint density at radius 2 is 2.32 bits per heavy atom. The van der Waals surface area contributed by atoms with E-state index >= 15 is 0 Å². The SMILES string of the molecule is Cc1cccc(OCCC(NN)c2nccn2C)c1. The van der Waals surface area contributed by atoms with E-state index < -0.39 is 0 Å². The number of nitrogens with two attached hydrogens (primary N) is 1. The summed E-state index contributed by atoms with van der Waals surface area (Å²) in [5, 5.41) is 0. The largest absolute Gasteiger partial charge is 0.494 e. The van der Waals surface area contributed by atoms with Crippen LogP contribution in [0.2, 0.25) is 0 Å². The van der Waals surface area contributed by atoms with Crippen LogP contribution in [0.5, 0.6) is 5.75 Å². The van der Waals surface area contributed by atoms with Crippen molar-refractivity contribution in [1.29, 1.82) is 0 Å². The Labute approximate surface area is 113 Å². The van der Waals surface area contributed by atoms with E-state index in [2.05, 4.69) is 10.4 Å². The second-order valence-corrected chi connectivity index (χ2v) is 4.57. The van der Waals surface area contributed by atoms with Crippen molar-refractivity contribution >= 4 is 0 Å². The number of aromatic nitrogens is 2. The molecule has 0 radical (unpaired) electrons. The van der Waals surface area contributed by atoms with Crippen LogP contribution in [0.15, 0.2) is 36.7 Å². The fourth-order valence-electron chi connectivity index (χ4n) is 2.00. The summed E-state index contributed by atoms with van der Waals surface area (Å²) in [4.78, 5) is 4.29. The zero-order chi connectivity index (χ0) is 13.7. The van der Waals surface area contributed by atoms with Gasteiger partial charge in [0.15, 0.2) is 0 Å². The van der Waals surface area contributed by atoms with E-state index in [-0.39, 0.29) is 6.04 Å². The predicted octanol–water partition coefficient (Wildman–Crippen LogP) is 1.70. The van der Waals surface area contributed by atoms with Gasteiger partial charge in [0.1, 0.15) is 11.6 Å². The van der Waals surface area contributed by atoms with Crippen LogP contribution < -0.4 is 16.0 Å². The quantitative estimate of drug-likeness (QED) is 0.613. The van der Waals surface area contributed by atoms with E-state index in [4.69, 9.17) is 10.6 Å². The first-order valence-corrected chi connectivity index (χ1v) is 6.33. The minimum Gasteiger partial charge on any atom is -0.494 e. The molecule has 0 bridgehead atoms. The van der Waals surface area contributed by atoms with Gasteiger partial charge in [-0.15, -0.1) is 0 Å². The smallest absolute Gasteiger partial charge is 0.127 e. The lowest BCUT2D eigenvalue weighted by Crippen LogP contribution is -2.31. The summed E-state index contributed by atoms with van der Waals surface area (Å²) in [7, 11) is 1.95. The molecule has 0 aliphatic rings. The number of hydrogen-bond acceptors (Lipinski definition) is 4. The molecule has 0 spiro atoms. The van der Waals surface area contributed by atoms with Gasteiger partial charge in [-0.1, -0.05) is 12.1 Å². The van der Waals surface area contributed by atoms with Crippen LogP contribution in [-0.2, 0) is 7.05 Å². The van der Waals surface area contributed by atoms with Crippen molar-refractivity contribution in [2.75, 3.05) is 6.61 Å². The number of imidazole rings is 1. The van der Waals surface area contributed by atoms with Gasteiger partial charge in [0, 0.05) is 25.9 Å². The summed E-state index contributed by atoms with van der Waals surface area (Å²) < 4.78 is 7.68. The summed E-state index contributed by atoms with van der Waals surface area (Å²) in [5.74, 6) is 7.37. The molecule has 0 aliphatic carbocycles. The minimum atomic E-state index is -0.00944. The molecule has 0 aliphatic heterocycles. The standard InChI is InChI=1S/C14H20N4O/c1-11-4-3-5-12(10-11)19-9-6-13(17-15)14-16-7-8-18(14)2/h3-5,7-8,10,13,17H,6,9,15H2,1-2H3. The maximum atomic E-state index is 5.72. The Hall–Kier alpha value is -1.85. The molecule has 2 rings (SSSR count). The fraction of sp³-hybridized carbons (Fsp3) is 0.357. The number of aryl methyl sites for hydroxylation is 2. The lowest BCUT2D eigenvalue weighted by molar-refractivity contribution is 0.282. The van der Waals surface area contributed by atoms with Gasteiger partial charge in [-0.2, -0.15) is 0 Å². The van der Waals surface area contributed by atoms with Gasteiger partial charge in [-0.3, -0.25) is 5.84 Å². The first kappa shape index (κ1) is 13.6. The predicted molar refractivity (Wildman–Crippen MR) is 74.6 cm³/mol. The molecule has 1 aromatic heterocycles. The maximum Gasteiger partial charge on any atom is 0.127 e. The van der Waals surface area contributed by atoms with Gasteiger partial charge in [0.2, 0.25) is 0 Å². The molecule has 0 amide bonds. The summed E-state index contributed by atoms with van der Waals surface area (Å²) in [5.41, 5.74) is 3.97. The number of rotatable bonds is 6. The molecule has 102 valence electrons. The molecular weight excluding hydrogens is 240 g/mol. The monoisotopic (exact) mass is 260 g/mol. The molecule has 5 nitrogen and oxygen atoms in total. The molecule has 1 heterocycles. The Bertz CT molecular complexity index is 524. The number of ether oxygens (including phenoxy) is 1. The summed E-state index contributed by atoms with van der Waals surface area (Å²) in [6, 6.07) is 8.00. The lowest BCUT2D eigenvalue weighted by atomic mass is 10.2. The molecule has 5 heteroatoms. The molecule has 1 atom stereocenters. The lowest BCUT2D eigenvalue weighted by Gasteiger charge is -2.16. The number of benzene rings is 1. The molecule has 1 unspecified atom stereocenters. The highest BCUT2D eigenvalue weighted by molar-refractivity contribution is 5.27. The molecular formula is C14H20N4O. The molecule has 0 saturated heterocycles. The van der Waals surface area contributed by atoms with Crippen LogP contribution in [-0.4, -0.2) is 16.2 Å². The van der Waals surface area contributed by atoms with Gasteiger partial charge < -0.3 is 9.30 Å². The van der Waals surface area contributed by atoms with Crippen molar-refractivity contribution in [3.8, 4) is 5.75 Å². The van der Waals surface area contributed by atoms with Crippen LogP contribution in [0.4, 0.5) is 0 Å². The minimum absolute atomic E-state index is 0.00944. The van der Waals surface area contributed by atoms with E-state index in [0.29, 0.717) is 6.61 Å². The Morgan fingerprint density at radius 1 is 1.47 bits per heavy atom. The first-order valence-electron chi connectivity index (χ1n) is 6.33. The third-order valence-corrected chi connectivity index (χ3v) is 3.04. The summed E-state index contributed by atoms with van der Waals surface area (Å²) in [6.45, 7) is 2.64. The highest BCUT2D eigenvalue weighted by atomic mass is 16.5. The summed E-state index contributed by atoms with van der Waals surface area (Å²) >= 11 is 0. The van der Waals surface area contributed by atoms with Crippen molar-refractivity contribution in [3.63, 3.8) is 0 Å². The van der Waals surface area contributed by atoms with E-state index in [0.717, 1.165) is 18.0 Å². The van der Waals surface area contributed by atoms with Gasteiger partial charge in [-0.25, -0.2) is 10.4 Å². The second-order valence-electron chi connectivity index (χ2n) is 4.57. The van der Waals surface area contributed by atoms with Gasteiger partial charge >= 0.3 is 0 Å². The van der Waals surface area contributed by atoms with Crippen LogP contribution >= 0.6 is 0 Å². The number of nitrogens with zero attached hydrogens (tertiary/aromatic N) is 2. The van der Waals surface area contributed by atoms with Crippen molar-refractivity contribution in [2.24, 2.45) is 12.9 Å². The van der Waals surface area contributed by atoms with Gasteiger partial charge in [0.05, 0.1) is 12.6 Å². The molecule has 2 aromatic rings. The average molecular weight is 260 g/mol. The maximum absolute atomic E-state index is 5.72. The molecule has 0 fully saturated rings. The van der Waals surface area contributed by atoms with Crippen LogP contribution in [0.1, 0.15) is 23.9 Å². The molecule has 1 aromatic carbocycles. The third kappa shape index (κ3) is 3.56. The van der Waals surface area contributed by atoms with E-state index in [9.17, 15) is 0 Å². The van der Waals surface area contributed by atoms with Crippen LogP contribution in [0.25, 0.3) is 0 Å². The van der Waals surface area contributed by atoms with E-state index in [1.165, 1.54) is 5.56 Å². The van der Waals surface area contributed by atoms with Crippen molar-refractivity contribution < 1.29 is 4.74 Å². The van der Waals surface area contributed by atoms with E-state index in [1.807, 2.05) is 49.0 Å². The second kappa shape index (κ2) is 6.36. The number of nitrogens with one attached hydrogen (secondary N) is 1. The Balaban J connectivity index is 1.89. The molecule has 19 heavy (non-hydrogen) atoms. The van der Waals surface area contributed by atoms with Gasteiger partial charge in [0.25, 0.3) is 0 Å². The van der Waals surface area contributed by atoms with Crippen molar-refractivity contribution in [2.45, 2.75) is 19.4 Å². The zero-order valence-electron chi connectivity index (χ0n) is 11.3. The first-order chi connectivity index (χ1) is 9.20. The molecule has 0 saturated carbocycles. The van der Waals surface area contributed by atoms with Crippen molar-refractivity contribution in [1.82, 2.24) is 15.0 Å². The average Bonchev–Trinajstić information content (AvgIpc) is 2.81. The third-order valence-electron chi connectivity index (χ3n) is 3.04. The molecule has 3 N–H and O–H groups in total. The Kier molecular flexibility index (Phi) is 4.54. The van der Waals surface area contributed by atoms with Crippen molar-refractivity contribution in [3.05, 3.63) is 48.0 Å². The Morgan fingerprint density at radius 3 is 2.95 bits per heavy atom. The van der Waals surface area contributed by atoms with E-state index in [1.54, 1.807) is 6.20 Å². The normalized spacial score (nSPS) is 12.4. The zero-order valence-corrected chi connectivity index (χ0v) is 11.3. The van der Waals surface area contributed by atoms with Gasteiger partial charge in [-0.05, 0) is 24.6 Å². The summed E-state index contributed by atoms with van der Waals surface area (Å²) in [6.07, 6.45) is 4.43.